The van der Waals surface area contributed by atoms with Gasteiger partial charge in [0.2, 0.25) is 0 Å². The van der Waals surface area contributed by atoms with Crippen molar-refractivity contribution in [2.75, 3.05) is 70.5 Å². The van der Waals surface area contributed by atoms with E-state index in [4.69, 9.17) is 10.5 Å². The van der Waals surface area contributed by atoms with E-state index in [2.05, 4.69) is 24.7 Å². The largest absolute Gasteiger partial charge is 0.390 e. The summed E-state index contributed by atoms with van der Waals surface area (Å²) in [6.07, 6.45) is 1.34. The van der Waals surface area contributed by atoms with Gasteiger partial charge in [0, 0.05) is 57.4 Å². The fourth-order valence-corrected chi connectivity index (χ4v) is 3.63. The average molecular weight is 482 g/mol. The van der Waals surface area contributed by atoms with Crippen molar-refractivity contribution < 1.29 is 9.84 Å². The summed E-state index contributed by atoms with van der Waals surface area (Å²) in [4.78, 5) is 15.3. The minimum atomic E-state index is -0.488. The van der Waals surface area contributed by atoms with Crippen LogP contribution in [0.3, 0.4) is 0 Å². The highest BCUT2D eigenvalue weighted by atomic mass is 127. The lowest BCUT2D eigenvalue weighted by Crippen LogP contribution is -2.51. The predicted octanol–water partition coefficient (Wildman–Crippen LogP) is -0.109. The number of hydrogen-bond donors (Lipinski definition) is 2. The van der Waals surface area contributed by atoms with E-state index in [1.54, 1.807) is 11.3 Å². The van der Waals surface area contributed by atoms with E-state index >= 15 is 0 Å². The van der Waals surface area contributed by atoms with Crippen molar-refractivity contribution in [2.45, 2.75) is 6.10 Å². The number of hydrogen-bond acceptors (Lipinski definition) is 7. The van der Waals surface area contributed by atoms with Crippen LogP contribution in [0.4, 0.5) is 5.13 Å². The Morgan fingerprint density at radius 2 is 2.00 bits per heavy atom. The molecule has 10 heteroatoms. The highest BCUT2D eigenvalue weighted by Crippen LogP contribution is 2.18. The minimum Gasteiger partial charge on any atom is -0.390 e. The number of rotatable bonds is 5. The summed E-state index contributed by atoms with van der Waals surface area (Å²) in [6.45, 7) is 7.61. The molecule has 0 aliphatic carbocycles. The smallest absolute Gasteiger partial charge is 0.191 e. The van der Waals surface area contributed by atoms with Crippen LogP contribution in [0, 0.1) is 0 Å². The van der Waals surface area contributed by atoms with Gasteiger partial charge in [0.05, 0.1) is 25.9 Å². The zero-order chi connectivity index (χ0) is 16.8. The number of aliphatic hydroxyl groups is 1. The van der Waals surface area contributed by atoms with Gasteiger partial charge in [0.1, 0.15) is 0 Å². The molecule has 1 aromatic rings. The summed E-state index contributed by atoms with van der Waals surface area (Å²) >= 11 is 1.66. The van der Waals surface area contributed by atoms with Gasteiger partial charge in [-0.3, -0.25) is 9.89 Å². The first-order valence-electron chi connectivity index (χ1n) is 8.40. The molecule has 0 amide bonds. The van der Waals surface area contributed by atoms with Gasteiger partial charge in [-0.05, 0) is 0 Å². The molecule has 0 bridgehead atoms. The molecule has 2 aliphatic heterocycles. The van der Waals surface area contributed by atoms with Gasteiger partial charge in [-0.1, -0.05) is 0 Å². The molecule has 1 aromatic heterocycles. The summed E-state index contributed by atoms with van der Waals surface area (Å²) in [5, 5.41) is 13.2. The van der Waals surface area contributed by atoms with Crippen LogP contribution in [0.25, 0.3) is 0 Å². The van der Waals surface area contributed by atoms with Gasteiger partial charge in [0.25, 0.3) is 0 Å². The second-order valence-corrected chi connectivity index (χ2v) is 6.93. The molecule has 3 N–H and O–H groups in total. The van der Waals surface area contributed by atoms with E-state index in [0.717, 1.165) is 57.6 Å². The summed E-state index contributed by atoms with van der Waals surface area (Å²) in [5.74, 6) is 0.523. The molecule has 0 radical (unpaired) electrons. The number of aromatic nitrogens is 1. The maximum Gasteiger partial charge on any atom is 0.191 e. The molecule has 3 heterocycles. The highest BCUT2D eigenvalue weighted by molar-refractivity contribution is 14.0. The summed E-state index contributed by atoms with van der Waals surface area (Å²) in [7, 11) is 0. The lowest BCUT2D eigenvalue weighted by molar-refractivity contribution is 0.0164. The van der Waals surface area contributed by atoms with Crippen LogP contribution in [-0.2, 0) is 4.74 Å². The first-order valence-corrected chi connectivity index (χ1v) is 9.28. The number of aliphatic hydroxyl groups excluding tert-OH is 1. The van der Waals surface area contributed by atoms with Crippen molar-refractivity contribution >= 4 is 46.4 Å². The summed E-state index contributed by atoms with van der Waals surface area (Å²) in [6, 6.07) is 0. The minimum absolute atomic E-state index is 0. The van der Waals surface area contributed by atoms with E-state index in [9.17, 15) is 5.11 Å². The number of anilines is 1. The third-order valence-electron chi connectivity index (χ3n) is 4.33. The van der Waals surface area contributed by atoms with E-state index in [1.807, 2.05) is 11.6 Å². The average Bonchev–Trinajstić information content (AvgIpc) is 3.15. The number of piperazine rings is 1. The summed E-state index contributed by atoms with van der Waals surface area (Å²) in [5.41, 5.74) is 6.09. The second kappa shape index (κ2) is 10.5. The van der Waals surface area contributed by atoms with Gasteiger partial charge < -0.3 is 25.4 Å². The van der Waals surface area contributed by atoms with Gasteiger partial charge in [-0.25, -0.2) is 4.98 Å². The molecule has 3 rings (SSSR count). The third-order valence-corrected chi connectivity index (χ3v) is 5.16. The number of halogens is 1. The predicted molar refractivity (Wildman–Crippen MR) is 111 cm³/mol. The Labute approximate surface area is 169 Å². The molecule has 0 spiro atoms. The van der Waals surface area contributed by atoms with Gasteiger partial charge in [-0.15, -0.1) is 35.3 Å². The fourth-order valence-electron chi connectivity index (χ4n) is 2.94. The monoisotopic (exact) mass is 482 g/mol. The van der Waals surface area contributed by atoms with Crippen molar-refractivity contribution in [1.82, 2.24) is 14.8 Å². The van der Waals surface area contributed by atoms with E-state index in [1.165, 1.54) is 0 Å². The van der Waals surface area contributed by atoms with Gasteiger partial charge >= 0.3 is 0 Å². The molecular formula is C15H27IN6O2S. The number of morpholine rings is 1. The summed E-state index contributed by atoms with van der Waals surface area (Å²) < 4.78 is 5.31. The molecule has 0 saturated carbocycles. The molecule has 2 saturated heterocycles. The molecule has 2 aliphatic rings. The number of nitrogens with two attached hydrogens (primary N) is 1. The molecule has 2 fully saturated rings. The van der Waals surface area contributed by atoms with Crippen LogP contribution in [0.5, 0.6) is 0 Å². The SMILES string of the molecule is I.NC(=NCC(O)CN1CCOCC1)N1CCN(c2nccs2)CC1. The van der Waals surface area contributed by atoms with Crippen molar-refractivity contribution in [3.05, 3.63) is 11.6 Å². The zero-order valence-electron chi connectivity index (χ0n) is 14.3. The van der Waals surface area contributed by atoms with E-state index in [0.29, 0.717) is 19.0 Å². The molecular weight excluding hydrogens is 455 g/mol. The number of guanidine groups is 1. The Bertz CT molecular complexity index is 518. The fraction of sp³-hybridized carbons (Fsp3) is 0.733. The van der Waals surface area contributed by atoms with Crippen molar-refractivity contribution in [3.8, 4) is 0 Å². The first-order chi connectivity index (χ1) is 11.7. The van der Waals surface area contributed by atoms with Crippen LogP contribution < -0.4 is 10.6 Å². The topological polar surface area (TPSA) is 90.4 Å². The van der Waals surface area contributed by atoms with Crippen LogP contribution in [0.15, 0.2) is 16.6 Å². The molecule has 8 nitrogen and oxygen atoms in total. The number of nitrogens with zero attached hydrogens (tertiary/aromatic N) is 5. The Morgan fingerprint density at radius 1 is 1.28 bits per heavy atom. The molecule has 0 aromatic carbocycles. The van der Waals surface area contributed by atoms with Crippen molar-refractivity contribution in [3.63, 3.8) is 0 Å². The quantitative estimate of drug-likeness (QED) is 0.344. The Kier molecular flexibility index (Phi) is 8.62. The molecule has 1 unspecified atom stereocenters. The van der Waals surface area contributed by atoms with Crippen LogP contribution >= 0.6 is 35.3 Å². The lowest BCUT2D eigenvalue weighted by Gasteiger charge is -2.35. The normalized spacial score (nSPS) is 21.1. The van der Waals surface area contributed by atoms with Crippen molar-refractivity contribution in [1.29, 1.82) is 0 Å². The Hall–Kier alpha value is -0.690. The third kappa shape index (κ3) is 6.20. The van der Waals surface area contributed by atoms with Gasteiger partial charge in [0.15, 0.2) is 11.1 Å². The highest BCUT2D eigenvalue weighted by Gasteiger charge is 2.20. The molecule has 142 valence electrons. The van der Waals surface area contributed by atoms with Crippen LogP contribution in [0.1, 0.15) is 0 Å². The maximum absolute atomic E-state index is 10.1. The van der Waals surface area contributed by atoms with Crippen LogP contribution in [0.2, 0.25) is 0 Å². The number of ether oxygens (including phenoxy) is 1. The first kappa shape index (κ1) is 20.6. The maximum atomic E-state index is 10.1. The van der Waals surface area contributed by atoms with E-state index < -0.39 is 6.10 Å². The Morgan fingerprint density at radius 3 is 2.64 bits per heavy atom. The number of β-amino-alcohol motifs (C(OH)–C–C–N with tert-alkyl or cyclic N) is 1. The number of aliphatic imine (C=N–C) groups is 1. The second-order valence-electron chi connectivity index (χ2n) is 6.05. The lowest BCUT2D eigenvalue weighted by atomic mass is 10.3. The molecule has 1 atom stereocenters. The zero-order valence-corrected chi connectivity index (χ0v) is 17.4. The number of thiazole rings is 1. The van der Waals surface area contributed by atoms with Gasteiger partial charge in [-0.2, -0.15) is 0 Å². The van der Waals surface area contributed by atoms with E-state index in [-0.39, 0.29) is 24.0 Å². The van der Waals surface area contributed by atoms with Crippen molar-refractivity contribution in [2.24, 2.45) is 10.7 Å². The standard InChI is InChI=1S/C15H26N6O2S.HI/c16-14(18-11-13(22)12-19-6-8-23-9-7-19)20-2-4-21(5-3-20)15-17-1-10-24-15;/h1,10,13,22H,2-9,11-12H2,(H2,16,18);1H. The van der Waals surface area contributed by atoms with Crippen LogP contribution in [-0.4, -0.2) is 97.5 Å². The molecule has 25 heavy (non-hydrogen) atoms. The Balaban J connectivity index is 0.00000225.